The van der Waals surface area contributed by atoms with Gasteiger partial charge in [-0.15, -0.1) is 0 Å². The van der Waals surface area contributed by atoms with Crippen molar-refractivity contribution in [1.29, 1.82) is 0 Å². The predicted octanol–water partition coefficient (Wildman–Crippen LogP) is 2.84. The maximum absolute atomic E-state index is 13.8. The number of nitrogens with zero attached hydrogens (tertiary/aromatic N) is 3. The van der Waals surface area contributed by atoms with Crippen LogP contribution in [0.1, 0.15) is 40.0 Å². The second kappa shape index (κ2) is 11.7. The third kappa shape index (κ3) is 6.74. The summed E-state index contributed by atoms with van der Waals surface area (Å²) < 4.78 is 32.3. The Morgan fingerprint density at radius 1 is 1.36 bits per heavy atom. The molecule has 210 valence electrons. The fraction of sp³-hybridized carbons (Fsp3) is 0.440. The lowest BCUT2D eigenvalue weighted by Crippen LogP contribution is -2.37. The van der Waals surface area contributed by atoms with Gasteiger partial charge in [-0.3, -0.25) is 23.7 Å². The second-order valence-corrected chi connectivity index (χ2v) is 11.3. The Hall–Kier alpha value is -3.51. The molecule has 0 aliphatic heterocycles. The quantitative estimate of drug-likeness (QED) is 0.178. The number of nitrogen functional groups attached to an aromatic ring is 1. The number of ether oxygens (including phenoxy) is 1. The van der Waals surface area contributed by atoms with Crippen molar-refractivity contribution in [2.24, 2.45) is 5.41 Å². The first kappa shape index (κ1) is 28.5. The van der Waals surface area contributed by atoms with Crippen molar-refractivity contribution >= 4 is 37.0 Å². The molecule has 1 fully saturated rings. The number of aliphatic hydroxyl groups is 1. The summed E-state index contributed by atoms with van der Waals surface area (Å²) in [6, 6.07) is 7.42. The van der Waals surface area contributed by atoms with Crippen LogP contribution in [-0.4, -0.2) is 56.0 Å². The van der Waals surface area contributed by atoms with Crippen LogP contribution >= 0.6 is 7.75 Å². The van der Waals surface area contributed by atoms with Crippen molar-refractivity contribution in [1.82, 2.24) is 24.6 Å². The van der Waals surface area contributed by atoms with E-state index in [0.29, 0.717) is 12.8 Å². The number of nitrogens with one attached hydrogen (secondary N) is 2. The van der Waals surface area contributed by atoms with Gasteiger partial charge in [0.05, 0.1) is 19.3 Å². The Balaban J connectivity index is 1.52. The van der Waals surface area contributed by atoms with Crippen LogP contribution in [0.3, 0.4) is 0 Å². The molecule has 0 spiro atoms. The Labute approximate surface area is 225 Å². The number of hydrogen-bond acceptors (Lipinski definition) is 10. The van der Waals surface area contributed by atoms with Crippen molar-refractivity contribution in [3.05, 3.63) is 52.6 Å². The lowest BCUT2D eigenvalue weighted by atomic mass is 10.1. The van der Waals surface area contributed by atoms with Crippen LogP contribution in [0.5, 0.6) is 5.75 Å². The third-order valence-electron chi connectivity index (χ3n) is 6.33. The number of H-pyrrole nitrogens is 1. The van der Waals surface area contributed by atoms with Gasteiger partial charge in [0.2, 0.25) is 5.95 Å². The topological polar surface area (TPSA) is 184 Å². The van der Waals surface area contributed by atoms with Crippen molar-refractivity contribution < 1.29 is 28.3 Å². The molecule has 39 heavy (non-hydrogen) atoms. The van der Waals surface area contributed by atoms with Gasteiger partial charge < -0.3 is 20.1 Å². The van der Waals surface area contributed by atoms with Gasteiger partial charge in [-0.2, -0.15) is 10.1 Å². The molecular weight excluding hydrogens is 527 g/mol. The van der Waals surface area contributed by atoms with Gasteiger partial charge >= 0.3 is 13.7 Å². The second-order valence-electron chi connectivity index (χ2n) is 9.61. The number of hydrogen-bond donors (Lipinski definition) is 4. The van der Waals surface area contributed by atoms with Gasteiger partial charge in [0.25, 0.3) is 5.56 Å². The molecule has 4 atom stereocenters. The molecule has 1 aliphatic rings. The monoisotopic (exact) mass is 560 g/mol. The van der Waals surface area contributed by atoms with Crippen molar-refractivity contribution in [2.75, 3.05) is 18.9 Å². The average Bonchev–Trinajstić information content (AvgIpc) is 3.43. The molecule has 13 nitrogen and oxygen atoms in total. The van der Waals surface area contributed by atoms with E-state index in [0.717, 1.165) is 12.0 Å². The number of esters is 1. The van der Waals surface area contributed by atoms with E-state index in [9.17, 15) is 19.3 Å². The normalized spacial score (nSPS) is 20.9. The number of nitrogens with two attached hydrogens (primary N) is 1. The molecule has 14 heteroatoms. The lowest BCUT2D eigenvalue weighted by Gasteiger charge is -2.25. The number of aromatic nitrogens is 4. The third-order valence-corrected chi connectivity index (χ3v) is 7.95. The Morgan fingerprint density at radius 3 is 2.79 bits per heavy atom. The first-order valence-electron chi connectivity index (χ1n) is 12.6. The minimum atomic E-state index is -4.11. The average molecular weight is 561 g/mol. The molecule has 1 saturated carbocycles. The molecule has 2 aromatic heterocycles. The lowest BCUT2D eigenvalue weighted by molar-refractivity contribution is -0.150. The standard InChI is InChI=1S/C25H33N6O7P/c1-4-8-16(2)37-23(34)17(3)30-39(35,38-19-9-6-5-7-10-19)36-14-25(13-32)11-18(25)12-31-15-27-20-21(31)28-24(26)29-22(20)33/h5-7,9-10,12,15-17,32H,4,8,11,13-14H2,1-3H3,(H,30,35)(H3,26,28,29,33)/b18-12-/t16-,17-,25?,39-/m0/s1. The Bertz CT molecular complexity index is 1460. The first-order valence-corrected chi connectivity index (χ1v) is 14.1. The zero-order valence-electron chi connectivity index (χ0n) is 22.0. The smallest absolute Gasteiger partial charge is 0.459 e. The fourth-order valence-electron chi connectivity index (χ4n) is 4.03. The molecule has 4 rings (SSSR count). The Morgan fingerprint density at radius 2 is 2.10 bits per heavy atom. The van der Waals surface area contributed by atoms with Gasteiger partial charge in [0.1, 0.15) is 18.1 Å². The van der Waals surface area contributed by atoms with E-state index in [4.69, 9.17) is 19.5 Å². The Kier molecular flexibility index (Phi) is 8.55. The van der Waals surface area contributed by atoms with Gasteiger partial charge in [-0.1, -0.05) is 31.5 Å². The SMILES string of the molecule is CCC[C@H](C)OC(=O)[C@H](C)N[P@](=O)(OCC1(CO)C/C1=C/n1cnc2c(=O)[nH]c(N)nc21)Oc1ccccc1. The molecule has 0 saturated heterocycles. The highest BCUT2D eigenvalue weighted by Gasteiger charge is 2.51. The minimum Gasteiger partial charge on any atom is -0.462 e. The van der Waals surface area contributed by atoms with Crippen LogP contribution in [-0.2, 0) is 18.6 Å². The van der Waals surface area contributed by atoms with E-state index in [1.807, 2.05) is 6.92 Å². The number of aliphatic hydroxyl groups excluding tert-OH is 1. The van der Waals surface area contributed by atoms with Gasteiger partial charge in [-0.25, -0.2) is 9.55 Å². The number of carbonyl (C=O) groups is 1. The molecular formula is C25H33N6O7P. The predicted molar refractivity (Wildman–Crippen MR) is 145 cm³/mol. The highest BCUT2D eigenvalue weighted by molar-refractivity contribution is 7.52. The molecule has 1 aliphatic carbocycles. The number of carbonyl (C=O) groups excluding carboxylic acids is 1. The minimum absolute atomic E-state index is 0.0537. The highest BCUT2D eigenvalue weighted by atomic mass is 31.2. The van der Waals surface area contributed by atoms with Crippen LogP contribution in [0.4, 0.5) is 5.95 Å². The van der Waals surface area contributed by atoms with Crippen molar-refractivity contribution in [3.63, 3.8) is 0 Å². The molecule has 1 unspecified atom stereocenters. The van der Waals surface area contributed by atoms with Crippen LogP contribution in [0.15, 0.2) is 47.0 Å². The van der Waals surface area contributed by atoms with Crippen molar-refractivity contribution in [2.45, 2.75) is 52.2 Å². The van der Waals surface area contributed by atoms with Crippen LogP contribution in [0.25, 0.3) is 17.4 Å². The number of anilines is 1. The van der Waals surface area contributed by atoms with E-state index < -0.39 is 30.7 Å². The molecule has 3 aromatic rings. The van der Waals surface area contributed by atoms with E-state index in [2.05, 4.69) is 20.0 Å². The van der Waals surface area contributed by atoms with E-state index in [-0.39, 0.29) is 42.2 Å². The van der Waals surface area contributed by atoms with Gasteiger partial charge in [0.15, 0.2) is 11.2 Å². The summed E-state index contributed by atoms with van der Waals surface area (Å²) in [7, 11) is -4.11. The summed E-state index contributed by atoms with van der Waals surface area (Å²) in [5.74, 6) is -0.368. The van der Waals surface area contributed by atoms with Gasteiger partial charge in [-0.05, 0) is 44.4 Å². The molecule has 5 N–H and O–H groups in total. The number of benzene rings is 1. The summed E-state index contributed by atoms with van der Waals surface area (Å²) >= 11 is 0. The maximum atomic E-state index is 13.8. The number of imidazole rings is 1. The van der Waals surface area contributed by atoms with Crippen molar-refractivity contribution in [3.8, 4) is 5.75 Å². The van der Waals surface area contributed by atoms with Gasteiger partial charge in [0, 0.05) is 11.6 Å². The molecule has 0 bridgehead atoms. The molecule has 1 aromatic carbocycles. The van der Waals surface area contributed by atoms with E-state index in [1.54, 1.807) is 43.5 Å². The number of aromatic amines is 1. The zero-order chi connectivity index (χ0) is 28.2. The number of fused-ring (bicyclic) bond motifs is 1. The fourth-order valence-corrected chi connectivity index (χ4v) is 5.61. The summed E-state index contributed by atoms with van der Waals surface area (Å²) in [6.07, 6.45) is 4.76. The van der Waals surface area contributed by atoms with Crippen LogP contribution < -0.4 is 20.9 Å². The largest absolute Gasteiger partial charge is 0.462 e. The number of rotatable bonds is 13. The highest BCUT2D eigenvalue weighted by Crippen LogP contribution is 2.56. The maximum Gasteiger partial charge on any atom is 0.459 e. The summed E-state index contributed by atoms with van der Waals surface area (Å²) in [5, 5.41) is 12.9. The number of para-hydroxylation sites is 1. The zero-order valence-corrected chi connectivity index (χ0v) is 22.9. The molecule has 2 heterocycles. The molecule has 0 radical (unpaired) electrons. The van der Waals surface area contributed by atoms with E-state index in [1.165, 1.54) is 17.8 Å². The first-order chi connectivity index (χ1) is 18.6. The summed E-state index contributed by atoms with van der Waals surface area (Å²) in [6.45, 7) is 4.81. The van der Waals surface area contributed by atoms with Crippen LogP contribution in [0, 0.1) is 5.41 Å². The summed E-state index contributed by atoms with van der Waals surface area (Å²) in [4.78, 5) is 35.3. The van der Waals surface area contributed by atoms with Crippen LogP contribution in [0.2, 0.25) is 0 Å². The summed E-state index contributed by atoms with van der Waals surface area (Å²) in [5.41, 5.74) is 5.46. The van der Waals surface area contributed by atoms with E-state index >= 15 is 0 Å². The molecule has 0 amide bonds.